The molecule has 2 amide bonds. The molecule has 150 valence electrons. The van der Waals surface area contributed by atoms with Crippen molar-refractivity contribution in [1.82, 2.24) is 10.2 Å². The van der Waals surface area contributed by atoms with E-state index in [2.05, 4.69) is 28.7 Å². The average Bonchev–Trinajstić information content (AvgIpc) is 2.62. The van der Waals surface area contributed by atoms with Gasteiger partial charge in [0.05, 0.1) is 22.5 Å². The van der Waals surface area contributed by atoms with Crippen LogP contribution in [0.4, 0.5) is 13.6 Å². The van der Waals surface area contributed by atoms with Crippen molar-refractivity contribution in [3.63, 3.8) is 0 Å². The van der Waals surface area contributed by atoms with E-state index in [-0.39, 0.29) is 23.2 Å². The molecular formula is C21H26F2N4O. The minimum atomic E-state index is -0.865. The molecule has 1 aromatic carbocycles. The fourth-order valence-electron chi connectivity index (χ4n) is 2.75. The summed E-state index contributed by atoms with van der Waals surface area (Å²) in [5.74, 6) is -1.48. The molecule has 7 heteroatoms. The molecule has 0 unspecified atom stereocenters. The summed E-state index contributed by atoms with van der Waals surface area (Å²) >= 11 is 0. The van der Waals surface area contributed by atoms with Crippen LogP contribution in [0.3, 0.4) is 0 Å². The van der Waals surface area contributed by atoms with Crippen LogP contribution in [0.2, 0.25) is 0 Å². The minimum absolute atomic E-state index is 0.00141. The third-order valence-electron chi connectivity index (χ3n) is 4.96. The van der Waals surface area contributed by atoms with Crippen LogP contribution in [0.15, 0.2) is 58.9 Å². The van der Waals surface area contributed by atoms with Gasteiger partial charge in [0.25, 0.3) is 0 Å². The summed E-state index contributed by atoms with van der Waals surface area (Å²) in [6, 6.07) is 3.32. The molecule has 1 aliphatic heterocycles. The van der Waals surface area contributed by atoms with Crippen molar-refractivity contribution in [2.75, 3.05) is 14.1 Å². The molecule has 5 nitrogen and oxygen atoms in total. The van der Waals surface area contributed by atoms with Crippen LogP contribution in [0.1, 0.15) is 32.3 Å². The fraction of sp³-hybridized carbons (Fsp3) is 0.381. The van der Waals surface area contributed by atoms with Gasteiger partial charge in [0.15, 0.2) is 0 Å². The molecule has 1 aromatic rings. The Morgan fingerprint density at radius 3 is 2.43 bits per heavy atom. The number of carbonyl (C=O) groups excluding carboxylic acids is 1. The van der Waals surface area contributed by atoms with E-state index in [1.54, 1.807) is 27.1 Å². The van der Waals surface area contributed by atoms with Gasteiger partial charge < -0.3 is 10.2 Å². The molecule has 2 rings (SSSR count). The molecule has 1 aliphatic rings. The van der Waals surface area contributed by atoms with Gasteiger partial charge in [-0.1, -0.05) is 31.7 Å². The van der Waals surface area contributed by atoms with Gasteiger partial charge in [-0.05, 0) is 43.9 Å². The molecule has 0 aromatic heterocycles. The number of halogens is 2. The lowest BCUT2D eigenvalue weighted by Gasteiger charge is -2.33. The van der Waals surface area contributed by atoms with Gasteiger partial charge in [0.2, 0.25) is 0 Å². The Morgan fingerprint density at radius 1 is 1.25 bits per heavy atom. The maximum Gasteiger partial charge on any atom is 0.317 e. The van der Waals surface area contributed by atoms with Crippen molar-refractivity contribution in [3.8, 4) is 0 Å². The predicted octanol–water partition coefficient (Wildman–Crippen LogP) is 5.29. The van der Waals surface area contributed by atoms with Crippen LogP contribution < -0.4 is 5.32 Å². The number of hydrogen-bond acceptors (Lipinski definition) is 3. The van der Waals surface area contributed by atoms with E-state index < -0.39 is 17.2 Å². The normalized spacial score (nSPS) is 25.1. The summed E-state index contributed by atoms with van der Waals surface area (Å²) < 4.78 is 28.6. The standard InChI is InChI=1S/C21H26F2N4O/c1-13-10-11-21(4,24-20(28)27(5)6)15(3)25-26-18(12-14(13)2)19-16(22)8-7-9-17(19)23/h7-9,12-13H,2-3,10-11H2,1,4-6H3,(H,24,28)/b18-12-,26-25?/t13-,21+/m0/s1. The third kappa shape index (κ3) is 4.71. The van der Waals surface area contributed by atoms with Crippen LogP contribution in [0.25, 0.3) is 5.70 Å². The zero-order chi connectivity index (χ0) is 21.1. The zero-order valence-corrected chi connectivity index (χ0v) is 16.7. The first kappa shape index (κ1) is 21.5. The number of urea groups is 1. The van der Waals surface area contributed by atoms with Gasteiger partial charge >= 0.3 is 6.03 Å². The van der Waals surface area contributed by atoms with Gasteiger partial charge in [-0.3, -0.25) is 0 Å². The molecule has 2 atom stereocenters. The van der Waals surface area contributed by atoms with Gasteiger partial charge in [0, 0.05) is 14.1 Å². The minimum Gasteiger partial charge on any atom is -0.331 e. The van der Waals surface area contributed by atoms with E-state index in [1.165, 1.54) is 11.0 Å². The lowest BCUT2D eigenvalue weighted by atomic mass is 9.86. The lowest BCUT2D eigenvalue weighted by molar-refractivity contribution is 0.204. The summed E-state index contributed by atoms with van der Waals surface area (Å²) in [7, 11) is 3.27. The topological polar surface area (TPSA) is 57.1 Å². The van der Waals surface area contributed by atoms with E-state index in [0.29, 0.717) is 24.1 Å². The second-order valence-corrected chi connectivity index (χ2v) is 7.44. The fourth-order valence-corrected chi connectivity index (χ4v) is 2.75. The van der Waals surface area contributed by atoms with Crippen molar-refractivity contribution in [2.45, 2.75) is 32.2 Å². The number of allylic oxidation sites excluding steroid dienone is 2. The molecule has 1 heterocycles. The summed E-state index contributed by atoms with van der Waals surface area (Å²) in [5.41, 5.74) is -0.144. The number of amides is 2. The van der Waals surface area contributed by atoms with E-state index in [1.807, 2.05) is 6.92 Å². The van der Waals surface area contributed by atoms with E-state index in [9.17, 15) is 13.6 Å². The molecule has 1 N–H and O–H groups in total. The molecule has 0 radical (unpaired) electrons. The molecular weight excluding hydrogens is 362 g/mol. The van der Waals surface area contributed by atoms with Gasteiger partial charge in [-0.25, -0.2) is 13.6 Å². The first-order valence-corrected chi connectivity index (χ1v) is 9.00. The number of hydrogen-bond donors (Lipinski definition) is 1. The smallest absolute Gasteiger partial charge is 0.317 e. The van der Waals surface area contributed by atoms with Crippen molar-refractivity contribution in [1.29, 1.82) is 0 Å². The maximum absolute atomic E-state index is 14.3. The van der Waals surface area contributed by atoms with E-state index >= 15 is 0 Å². The Balaban J connectivity index is 2.51. The first-order chi connectivity index (χ1) is 13.0. The summed E-state index contributed by atoms with van der Waals surface area (Å²) in [4.78, 5) is 13.6. The largest absolute Gasteiger partial charge is 0.331 e. The Hall–Kier alpha value is -2.83. The quantitative estimate of drug-likeness (QED) is 0.735. The molecule has 0 saturated carbocycles. The second-order valence-electron chi connectivity index (χ2n) is 7.44. The maximum atomic E-state index is 14.3. The van der Waals surface area contributed by atoms with E-state index in [0.717, 1.165) is 12.1 Å². The molecule has 28 heavy (non-hydrogen) atoms. The second kappa shape index (κ2) is 8.46. The van der Waals surface area contributed by atoms with Gasteiger partial charge in [-0.2, -0.15) is 5.11 Å². The average molecular weight is 388 g/mol. The zero-order valence-electron chi connectivity index (χ0n) is 16.7. The highest BCUT2D eigenvalue weighted by Crippen LogP contribution is 2.33. The Morgan fingerprint density at radius 2 is 1.86 bits per heavy atom. The number of nitrogens with one attached hydrogen (secondary N) is 1. The van der Waals surface area contributed by atoms with Crippen LogP contribution in [-0.4, -0.2) is 30.6 Å². The summed E-state index contributed by atoms with van der Waals surface area (Å²) in [6.07, 6.45) is 2.77. The monoisotopic (exact) mass is 388 g/mol. The number of azo groups is 1. The van der Waals surface area contributed by atoms with Crippen molar-refractivity contribution >= 4 is 11.7 Å². The molecule has 0 saturated heterocycles. The number of rotatable bonds is 2. The summed E-state index contributed by atoms with van der Waals surface area (Å²) in [5, 5.41) is 11.1. The SMILES string of the molecule is C=C1/C=C(/c2c(F)cccc2F)N=NC(=C)[C@](C)(NC(=O)N(C)C)CC[C@@H]1C. The number of nitrogens with zero attached hydrogens (tertiary/aromatic N) is 3. The molecule has 0 spiro atoms. The van der Waals surface area contributed by atoms with Crippen LogP contribution in [0, 0.1) is 17.6 Å². The Bertz CT molecular complexity index is 840. The highest BCUT2D eigenvalue weighted by Gasteiger charge is 2.32. The third-order valence-corrected chi connectivity index (χ3v) is 4.96. The van der Waals surface area contributed by atoms with Crippen LogP contribution >= 0.6 is 0 Å². The van der Waals surface area contributed by atoms with Crippen LogP contribution in [-0.2, 0) is 0 Å². The highest BCUT2D eigenvalue weighted by molar-refractivity contribution is 5.75. The molecule has 0 bridgehead atoms. The predicted molar refractivity (Wildman–Crippen MR) is 106 cm³/mol. The highest BCUT2D eigenvalue weighted by atomic mass is 19.1. The van der Waals surface area contributed by atoms with Gasteiger partial charge in [0.1, 0.15) is 11.6 Å². The van der Waals surface area contributed by atoms with Gasteiger partial charge in [-0.15, -0.1) is 5.11 Å². The van der Waals surface area contributed by atoms with Crippen molar-refractivity contribution in [2.24, 2.45) is 16.1 Å². The van der Waals surface area contributed by atoms with Crippen LogP contribution in [0.5, 0.6) is 0 Å². The summed E-state index contributed by atoms with van der Waals surface area (Å²) in [6.45, 7) is 11.7. The Kier molecular flexibility index (Phi) is 6.48. The number of benzene rings is 1. The Labute approximate surface area is 164 Å². The van der Waals surface area contributed by atoms with Crippen molar-refractivity contribution < 1.29 is 13.6 Å². The number of carbonyl (C=O) groups is 1. The lowest BCUT2D eigenvalue weighted by Crippen LogP contribution is -2.50. The molecule has 0 fully saturated rings. The first-order valence-electron chi connectivity index (χ1n) is 9.00. The van der Waals surface area contributed by atoms with Crippen molar-refractivity contribution in [3.05, 3.63) is 65.9 Å². The molecule has 0 aliphatic carbocycles. The van der Waals surface area contributed by atoms with E-state index in [4.69, 9.17) is 0 Å².